The second kappa shape index (κ2) is 10.1. The highest BCUT2D eigenvalue weighted by molar-refractivity contribution is 7.99. The van der Waals surface area contributed by atoms with Crippen LogP contribution in [0.2, 0.25) is 5.02 Å². The third-order valence-electron chi connectivity index (χ3n) is 4.45. The second-order valence-electron chi connectivity index (χ2n) is 7.29. The van der Waals surface area contributed by atoms with Gasteiger partial charge in [0.2, 0.25) is 5.91 Å². The number of rotatable bonds is 6. The minimum absolute atomic E-state index is 0.108. The molecular formula is C22H23ClN4O4S. The molecule has 0 aliphatic carbocycles. The zero-order valence-electron chi connectivity index (χ0n) is 18.1. The standard InChI is InChI=1S/C22H23ClN4O4S/c1-12(2)24-21(30)26-19(28)11-32-22-25-16-8-6-5-7-14(16)20(29)27(22)17-9-13(3)15(23)10-18(17)31-4/h5-10,12H,11H2,1-4H3,(H2,24,26,28,30). The van der Waals surface area contributed by atoms with Gasteiger partial charge in [-0.3, -0.25) is 19.5 Å². The topological polar surface area (TPSA) is 102 Å². The van der Waals surface area contributed by atoms with Gasteiger partial charge in [0.25, 0.3) is 5.56 Å². The normalized spacial score (nSPS) is 10.9. The van der Waals surface area contributed by atoms with Crippen molar-refractivity contribution in [1.29, 1.82) is 0 Å². The molecule has 0 saturated heterocycles. The van der Waals surface area contributed by atoms with Crippen molar-refractivity contribution in [3.8, 4) is 11.4 Å². The average molecular weight is 475 g/mol. The summed E-state index contributed by atoms with van der Waals surface area (Å²) in [6, 6.07) is 9.63. The summed E-state index contributed by atoms with van der Waals surface area (Å²) >= 11 is 7.28. The number of aromatic nitrogens is 2. The molecule has 3 amide bonds. The van der Waals surface area contributed by atoms with Crippen LogP contribution >= 0.6 is 23.4 Å². The summed E-state index contributed by atoms with van der Waals surface area (Å²) in [5.74, 6) is -0.241. The minimum Gasteiger partial charge on any atom is -0.495 e. The predicted molar refractivity (Wildman–Crippen MR) is 126 cm³/mol. The van der Waals surface area contributed by atoms with Gasteiger partial charge in [-0.05, 0) is 44.5 Å². The number of para-hydroxylation sites is 1. The summed E-state index contributed by atoms with van der Waals surface area (Å²) in [7, 11) is 1.48. The van der Waals surface area contributed by atoms with Gasteiger partial charge < -0.3 is 10.1 Å². The Labute approximate surface area is 194 Å². The Hall–Kier alpha value is -3.04. The molecular weight excluding hydrogens is 452 g/mol. The summed E-state index contributed by atoms with van der Waals surface area (Å²) in [4.78, 5) is 42.1. The van der Waals surface area contributed by atoms with Gasteiger partial charge in [-0.25, -0.2) is 9.78 Å². The van der Waals surface area contributed by atoms with Gasteiger partial charge in [-0.1, -0.05) is 35.5 Å². The van der Waals surface area contributed by atoms with E-state index in [4.69, 9.17) is 16.3 Å². The average Bonchev–Trinajstić information content (AvgIpc) is 2.73. The highest BCUT2D eigenvalue weighted by Crippen LogP contribution is 2.31. The highest BCUT2D eigenvalue weighted by atomic mass is 35.5. The molecule has 1 aromatic heterocycles. The summed E-state index contributed by atoms with van der Waals surface area (Å²) in [6.45, 7) is 5.40. The van der Waals surface area contributed by atoms with Crippen molar-refractivity contribution in [3.05, 3.63) is 57.3 Å². The number of halogens is 1. The molecule has 32 heavy (non-hydrogen) atoms. The van der Waals surface area contributed by atoms with E-state index in [1.165, 1.54) is 11.7 Å². The Morgan fingerprint density at radius 3 is 2.66 bits per heavy atom. The van der Waals surface area contributed by atoms with E-state index in [9.17, 15) is 14.4 Å². The summed E-state index contributed by atoms with van der Waals surface area (Å²) in [6.07, 6.45) is 0. The third kappa shape index (κ3) is 5.23. The number of aryl methyl sites for hydroxylation is 1. The molecule has 1 heterocycles. The zero-order valence-corrected chi connectivity index (χ0v) is 19.6. The molecule has 0 aliphatic heterocycles. The number of imide groups is 1. The monoisotopic (exact) mass is 474 g/mol. The van der Waals surface area contributed by atoms with Crippen LogP contribution in [0.15, 0.2) is 46.3 Å². The van der Waals surface area contributed by atoms with E-state index in [1.54, 1.807) is 50.2 Å². The lowest BCUT2D eigenvalue weighted by molar-refractivity contribution is -0.117. The molecule has 0 spiro atoms. The van der Waals surface area contributed by atoms with Crippen LogP contribution in [-0.4, -0.2) is 40.4 Å². The molecule has 0 saturated carbocycles. The molecule has 0 radical (unpaired) electrons. The first-order chi connectivity index (χ1) is 15.2. The molecule has 0 aliphatic rings. The Morgan fingerprint density at radius 2 is 1.97 bits per heavy atom. The minimum atomic E-state index is -0.579. The van der Waals surface area contributed by atoms with Crippen molar-refractivity contribution >= 4 is 46.2 Å². The SMILES string of the molecule is COc1cc(Cl)c(C)cc1-n1c(SCC(=O)NC(=O)NC(C)C)nc2ccccc2c1=O. The number of ether oxygens (including phenoxy) is 1. The number of carbonyl (C=O) groups excluding carboxylic acids is 2. The van der Waals surface area contributed by atoms with Crippen molar-refractivity contribution in [2.75, 3.05) is 12.9 Å². The van der Waals surface area contributed by atoms with Crippen molar-refractivity contribution in [3.63, 3.8) is 0 Å². The Balaban J connectivity index is 2.05. The van der Waals surface area contributed by atoms with E-state index < -0.39 is 11.9 Å². The fraction of sp³-hybridized carbons (Fsp3) is 0.273. The molecule has 3 rings (SSSR count). The zero-order chi connectivity index (χ0) is 23.4. The fourth-order valence-electron chi connectivity index (χ4n) is 3.00. The third-order valence-corrected chi connectivity index (χ3v) is 5.80. The number of urea groups is 1. The van der Waals surface area contributed by atoms with Crippen LogP contribution in [-0.2, 0) is 4.79 Å². The van der Waals surface area contributed by atoms with Gasteiger partial charge in [0.1, 0.15) is 5.75 Å². The molecule has 2 N–H and O–H groups in total. The van der Waals surface area contributed by atoms with Gasteiger partial charge >= 0.3 is 6.03 Å². The van der Waals surface area contributed by atoms with Crippen LogP contribution in [0.3, 0.4) is 0 Å². The van der Waals surface area contributed by atoms with E-state index in [2.05, 4.69) is 15.6 Å². The number of hydrogen-bond acceptors (Lipinski definition) is 6. The quantitative estimate of drug-likeness (QED) is 0.417. The van der Waals surface area contributed by atoms with Crippen LogP contribution in [0.5, 0.6) is 5.75 Å². The van der Waals surface area contributed by atoms with Crippen molar-refractivity contribution in [2.45, 2.75) is 32.0 Å². The maximum atomic E-state index is 13.4. The first kappa shape index (κ1) is 23.6. The van der Waals surface area contributed by atoms with Crippen LogP contribution in [0.25, 0.3) is 16.6 Å². The molecule has 168 valence electrons. The first-order valence-electron chi connectivity index (χ1n) is 9.80. The van der Waals surface area contributed by atoms with Gasteiger partial charge in [0.15, 0.2) is 5.16 Å². The number of amides is 3. The number of methoxy groups -OCH3 is 1. The lowest BCUT2D eigenvalue weighted by atomic mass is 10.2. The fourth-order valence-corrected chi connectivity index (χ4v) is 3.96. The lowest BCUT2D eigenvalue weighted by Gasteiger charge is -2.17. The van der Waals surface area contributed by atoms with Crippen molar-refractivity contribution < 1.29 is 14.3 Å². The van der Waals surface area contributed by atoms with Crippen LogP contribution in [0.1, 0.15) is 19.4 Å². The molecule has 8 nitrogen and oxygen atoms in total. The van der Waals surface area contributed by atoms with Gasteiger partial charge in [0.05, 0.1) is 29.5 Å². The van der Waals surface area contributed by atoms with E-state index in [-0.39, 0.29) is 22.5 Å². The summed E-state index contributed by atoms with van der Waals surface area (Å²) in [5, 5.41) is 6.06. The molecule has 3 aromatic rings. The van der Waals surface area contributed by atoms with E-state index in [0.717, 1.165) is 17.3 Å². The van der Waals surface area contributed by atoms with Crippen LogP contribution in [0, 0.1) is 6.92 Å². The maximum Gasteiger partial charge on any atom is 0.321 e. The molecule has 10 heteroatoms. The number of hydrogen-bond donors (Lipinski definition) is 2. The number of fused-ring (bicyclic) bond motifs is 1. The van der Waals surface area contributed by atoms with Gasteiger partial charge in [-0.2, -0.15) is 0 Å². The molecule has 0 bridgehead atoms. The Bertz CT molecular complexity index is 1240. The molecule has 0 unspecified atom stereocenters. The second-order valence-corrected chi connectivity index (χ2v) is 8.64. The summed E-state index contributed by atoms with van der Waals surface area (Å²) in [5.41, 5.74) is 1.40. The van der Waals surface area contributed by atoms with Crippen LogP contribution < -0.4 is 20.9 Å². The van der Waals surface area contributed by atoms with Gasteiger partial charge in [-0.15, -0.1) is 0 Å². The van der Waals surface area contributed by atoms with Gasteiger partial charge in [0, 0.05) is 17.1 Å². The number of nitrogens with one attached hydrogen (secondary N) is 2. The Morgan fingerprint density at radius 1 is 1.25 bits per heavy atom. The van der Waals surface area contributed by atoms with E-state index in [0.29, 0.717) is 27.4 Å². The smallest absolute Gasteiger partial charge is 0.321 e. The molecule has 0 atom stereocenters. The van der Waals surface area contributed by atoms with Crippen LogP contribution in [0.4, 0.5) is 4.79 Å². The Kier molecular flexibility index (Phi) is 7.42. The number of thioether (sulfide) groups is 1. The number of benzene rings is 2. The number of nitrogens with zero attached hydrogens (tertiary/aromatic N) is 2. The van der Waals surface area contributed by atoms with Crippen molar-refractivity contribution in [2.24, 2.45) is 0 Å². The predicted octanol–water partition coefficient (Wildman–Crippen LogP) is 3.68. The summed E-state index contributed by atoms with van der Waals surface area (Å²) < 4.78 is 6.86. The van der Waals surface area contributed by atoms with E-state index in [1.807, 2.05) is 6.92 Å². The van der Waals surface area contributed by atoms with Crippen molar-refractivity contribution in [1.82, 2.24) is 20.2 Å². The molecule has 0 fully saturated rings. The molecule has 2 aromatic carbocycles. The number of carbonyl (C=O) groups is 2. The lowest BCUT2D eigenvalue weighted by Crippen LogP contribution is -2.43. The highest BCUT2D eigenvalue weighted by Gasteiger charge is 2.19. The van der Waals surface area contributed by atoms with E-state index >= 15 is 0 Å². The largest absolute Gasteiger partial charge is 0.495 e. The first-order valence-corrected chi connectivity index (χ1v) is 11.2. The maximum absolute atomic E-state index is 13.4.